The van der Waals surface area contributed by atoms with Gasteiger partial charge in [-0.1, -0.05) is 53.4 Å². The van der Waals surface area contributed by atoms with Crippen molar-refractivity contribution in [3.8, 4) is 0 Å². The van der Waals surface area contributed by atoms with Crippen LogP contribution in [0.25, 0.3) is 0 Å². The lowest BCUT2D eigenvalue weighted by atomic mass is 9.79. The van der Waals surface area contributed by atoms with E-state index >= 15 is 0 Å². The molecule has 6 unspecified atom stereocenters. The van der Waals surface area contributed by atoms with Crippen molar-refractivity contribution in [2.75, 3.05) is 13.2 Å². The molecular weight excluding hydrogens is 344 g/mol. The fourth-order valence-corrected chi connectivity index (χ4v) is 3.88. The molecule has 1 saturated heterocycles. The Bertz CT molecular complexity index is 435. The second-order valence-electron chi connectivity index (χ2n) is 8.65. The van der Waals surface area contributed by atoms with Gasteiger partial charge in [0.05, 0.1) is 37.3 Å². The summed E-state index contributed by atoms with van der Waals surface area (Å²) >= 11 is 0. The number of carbonyl (C=O) groups is 2. The summed E-state index contributed by atoms with van der Waals surface area (Å²) in [5, 5.41) is 0. The van der Waals surface area contributed by atoms with E-state index in [1.54, 1.807) is 0 Å². The summed E-state index contributed by atoms with van der Waals surface area (Å²) in [6, 6.07) is 0. The van der Waals surface area contributed by atoms with Crippen molar-refractivity contribution in [3.05, 3.63) is 0 Å². The van der Waals surface area contributed by atoms with Gasteiger partial charge in [-0.15, -0.1) is 0 Å². The lowest BCUT2D eigenvalue weighted by Gasteiger charge is -2.27. The maximum Gasteiger partial charge on any atom is 0.309 e. The predicted octanol–water partition coefficient (Wildman–Crippen LogP) is 4.52. The molecule has 1 aliphatic carbocycles. The van der Waals surface area contributed by atoms with E-state index in [1.807, 2.05) is 0 Å². The molecule has 0 radical (unpaired) electrons. The quantitative estimate of drug-likeness (QED) is 0.367. The number of epoxide rings is 1. The van der Waals surface area contributed by atoms with Crippen LogP contribution in [0.1, 0.15) is 79.1 Å². The number of esters is 2. The molecule has 5 nitrogen and oxygen atoms in total. The van der Waals surface area contributed by atoms with Gasteiger partial charge in [-0.2, -0.15) is 0 Å². The van der Waals surface area contributed by atoms with Gasteiger partial charge in [0.15, 0.2) is 0 Å². The third-order valence-electron chi connectivity index (χ3n) is 5.87. The van der Waals surface area contributed by atoms with Gasteiger partial charge in [0.2, 0.25) is 0 Å². The maximum absolute atomic E-state index is 12.6. The van der Waals surface area contributed by atoms with Gasteiger partial charge in [0.1, 0.15) is 0 Å². The Balaban J connectivity index is 1.83. The SMILES string of the molecule is CCCCC(C)COC(=O)C1CC2OC2CC1C(=O)OCC(C)CCCC. The van der Waals surface area contributed by atoms with Crippen LogP contribution in [-0.2, 0) is 23.8 Å². The Morgan fingerprint density at radius 2 is 1.26 bits per heavy atom. The summed E-state index contributed by atoms with van der Waals surface area (Å²) in [6.45, 7) is 9.39. The topological polar surface area (TPSA) is 65.1 Å². The molecule has 27 heavy (non-hydrogen) atoms. The van der Waals surface area contributed by atoms with Crippen molar-refractivity contribution in [2.45, 2.75) is 91.3 Å². The summed E-state index contributed by atoms with van der Waals surface area (Å²) in [7, 11) is 0. The molecule has 0 aromatic carbocycles. The van der Waals surface area contributed by atoms with Crippen LogP contribution in [0.5, 0.6) is 0 Å². The van der Waals surface area contributed by atoms with E-state index < -0.39 is 11.8 Å². The zero-order valence-electron chi connectivity index (χ0n) is 17.6. The Kier molecular flexibility index (Phi) is 9.07. The second-order valence-corrected chi connectivity index (χ2v) is 8.65. The smallest absolute Gasteiger partial charge is 0.309 e. The molecule has 156 valence electrons. The first-order valence-electron chi connectivity index (χ1n) is 10.9. The molecule has 0 N–H and O–H groups in total. The lowest BCUT2D eigenvalue weighted by Crippen LogP contribution is -2.38. The van der Waals surface area contributed by atoms with Gasteiger partial charge in [0, 0.05) is 0 Å². The van der Waals surface area contributed by atoms with E-state index in [1.165, 1.54) is 0 Å². The molecule has 0 spiro atoms. The van der Waals surface area contributed by atoms with Crippen LogP contribution >= 0.6 is 0 Å². The number of fused-ring (bicyclic) bond motifs is 1. The highest BCUT2D eigenvalue weighted by atomic mass is 16.6. The summed E-state index contributed by atoms with van der Waals surface area (Å²) in [6.07, 6.45) is 8.09. The van der Waals surface area contributed by atoms with Crippen molar-refractivity contribution in [1.29, 1.82) is 0 Å². The first-order valence-corrected chi connectivity index (χ1v) is 10.9. The number of hydrogen-bond acceptors (Lipinski definition) is 5. The maximum atomic E-state index is 12.6. The third-order valence-corrected chi connectivity index (χ3v) is 5.87. The van der Waals surface area contributed by atoms with Gasteiger partial charge in [-0.3, -0.25) is 9.59 Å². The number of unbranched alkanes of at least 4 members (excludes halogenated alkanes) is 2. The minimum atomic E-state index is -0.425. The van der Waals surface area contributed by atoms with Gasteiger partial charge < -0.3 is 14.2 Å². The summed E-state index contributed by atoms with van der Waals surface area (Å²) in [5.74, 6) is -0.655. The van der Waals surface area contributed by atoms with Gasteiger partial charge >= 0.3 is 11.9 Å². The largest absolute Gasteiger partial charge is 0.465 e. The van der Waals surface area contributed by atoms with Gasteiger partial charge in [-0.05, 0) is 37.5 Å². The Morgan fingerprint density at radius 1 is 0.852 bits per heavy atom. The van der Waals surface area contributed by atoms with Crippen LogP contribution in [-0.4, -0.2) is 37.4 Å². The molecular formula is C22H38O5. The molecule has 5 heteroatoms. The predicted molar refractivity (Wildman–Crippen MR) is 104 cm³/mol. The van der Waals surface area contributed by atoms with Crippen molar-refractivity contribution < 1.29 is 23.8 Å². The molecule has 1 heterocycles. The van der Waals surface area contributed by atoms with E-state index in [0.29, 0.717) is 37.9 Å². The second kappa shape index (κ2) is 11.0. The zero-order valence-corrected chi connectivity index (χ0v) is 17.6. The van der Waals surface area contributed by atoms with E-state index in [4.69, 9.17) is 14.2 Å². The van der Waals surface area contributed by atoms with Crippen LogP contribution in [0.3, 0.4) is 0 Å². The lowest BCUT2D eigenvalue weighted by molar-refractivity contribution is -0.163. The molecule has 1 saturated carbocycles. The van der Waals surface area contributed by atoms with Crippen molar-refractivity contribution in [2.24, 2.45) is 23.7 Å². The van der Waals surface area contributed by atoms with Crippen LogP contribution in [0.2, 0.25) is 0 Å². The van der Waals surface area contributed by atoms with E-state index in [-0.39, 0.29) is 24.1 Å². The Labute approximate surface area is 164 Å². The summed E-state index contributed by atoms with van der Waals surface area (Å²) in [5.41, 5.74) is 0. The minimum Gasteiger partial charge on any atom is -0.465 e. The first-order chi connectivity index (χ1) is 13.0. The third kappa shape index (κ3) is 7.10. The number of ether oxygens (including phenoxy) is 3. The molecule has 6 atom stereocenters. The van der Waals surface area contributed by atoms with Crippen molar-refractivity contribution in [3.63, 3.8) is 0 Å². The van der Waals surface area contributed by atoms with Gasteiger partial charge in [0.25, 0.3) is 0 Å². The molecule has 2 rings (SSSR count). The minimum absolute atomic E-state index is 0.118. The van der Waals surface area contributed by atoms with Crippen LogP contribution in [0, 0.1) is 23.7 Å². The number of hydrogen-bond donors (Lipinski definition) is 0. The normalized spacial score (nSPS) is 28.7. The fraction of sp³-hybridized carbons (Fsp3) is 0.909. The zero-order chi connectivity index (χ0) is 19.8. The molecule has 2 fully saturated rings. The highest BCUT2D eigenvalue weighted by Crippen LogP contribution is 2.44. The Morgan fingerprint density at radius 3 is 1.63 bits per heavy atom. The van der Waals surface area contributed by atoms with Gasteiger partial charge in [-0.25, -0.2) is 0 Å². The molecule has 0 aromatic rings. The molecule has 0 amide bonds. The summed E-state index contributed by atoms with van der Waals surface area (Å²) in [4.78, 5) is 25.3. The molecule has 0 bridgehead atoms. The van der Waals surface area contributed by atoms with E-state index in [2.05, 4.69) is 27.7 Å². The van der Waals surface area contributed by atoms with Crippen molar-refractivity contribution >= 4 is 11.9 Å². The highest BCUT2D eigenvalue weighted by molar-refractivity contribution is 5.82. The van der Waals surface area contributed by atoms with Crippen LogP contribution in [0.15, 0.2) is 0 Å². The average Bonchev–Trinajstić information content (AvgIpc) is 3.44. The number of carbonyl (C=O) groups excluding carboxylic acids is 2. The van der Waals surface area contributed by atoms with Crippen molar-refractivity contribution in [1.82, 2.24) is 0 Å². The summed E-state index contributed by atoms with van der Waals surface area (Å²) < 4.78 is 16.7. The fourth-order valence-electron chi connectivity index (χ4n) is 3.88. The number of rotatable bonds is 12. The molecule has 2 aliphatic rings. The monoisotopic (exact) mass is 382 g/mol. The van der Waals surface area contributed by atoms with Crippen LogP contribution < -0.4 is 0 Å². The first kappa shape index (κ1) is 22.2. The van der Waals surface area contributed by atoms with E-state index in [9.17, 15) is 9.59 Å². The Hall–Kier alpha value is -1.10. The standard InChI is InChI=1S/C22H38O5/c1-5-7-9-15(3)13-25-21(23)17-11-19-20(27-19)12-18(17)22(24)26-14-16(4)10-8-6-2/h15-20H,5-14H2,1-4H3. The average molecular weight is 383 g/mol. The molecule has 1 aliphatic heterocycles. The highest BCUT2D eigenvalue weighted by Gasteiger charge is 2.53. The van der Waals surface area contributed by atoms with E-state index in [0.717, 1.165) is 38.5 Å². The molecule has 0 aromatic heterocycles. The van der Waals surface area contributed by atoms with Crippen LogP contribution in [0.4, 0.5) is 0 Å².